The first-order chi connectivity index (χ1) is 9.72. The van der Waals surface area contributed by atoms with Gasteiger partial charge in [0.2, 0.25) is 10.0 Å². The Bertz CT molecular complexity index is 737. The summed E-state index contributed by atoms with van der Waals surface area (Å²) in [5.41, 5.74) is 0.840. The average Bonchev–Trinajstić information content (AvgIpc) is 2.38. The zero-order valence-electron chi connectivity index (χ0n) is 12.2. The topological polar surface area (TPSA) is 46.2 Å². The molecular weight excluding hydrogens is 306 g/mol. The molecule has 0 saturated heterocycles. The molecule has 0 bridgehead atoms. The van der Waals surface area contributed by atoms with Crippen molar-refractivity contribution in [2.24, 2.45) is 0 Å². The highest BCUT2D eigenvalue weighted by atomic mass is 35.5. The smallest absolute Gasteiger partial charge is 0.207 e. The molecule has 0 fully saturated rings. The van der Waals surface area contributed by atoms with E-state index in [0.717, 1.165) is 11.1 Å². The van der Waals surface area contributed by atoms with E-state index in [1.807, 2.05) is 32.0 Å². The molecule has 2 rings (SSSR count). The van der Waals surface area contributed by atoms with E-state index in [2.05, 4.69) is 4.72 Å². The van der Waals surface area contributed by atoms with E-state index in [1.165, 1.54) is 0 Å². The van der Waals surface area contributed by atoms with Crippen molar-refractivity contribution < 1.29 is 8.42 Å². The highest BCUT2D eigenvalue weighted by Gasteiger charge is 2.28. The molecule has 2 aromatic rings. The van der Waals surface area contributed by atoms with Crippen LogP contribution in [0.5, 0.6) is 0 Å². The number of hydrogen-bond acceptors (Lipinski definition) is 2. The average molecular weight is 324 g/mol. The summed E-state index contributed by atoms with van der Waals surface area (Å²) in [5, 5.41) is 0.622. The zero-order valence-corrected chi connectivity index (χ0v) is 13.8. The minimum atomic E-state index is -3.59. The number of sulfonamides is 1. The van der Waals surface area contributed by atoms with Gasteiger partial charge in [0.1, 0.15) is 0 Å². The third kappa shape index (κ3) is 3.64. The summed E-state index contributed by atoms with van der Waals surface area (Å²) in [4.78, 5) is 0.298. The van der Waals surface area contributed by atoms with Gasteiger partial charge in [-0.15, -0.1) is 0 Å². The molecule has 0 aliphatic carbocycles. The molecule has 0 aliphatic heterocycles. The lowest BCUT2D eigenvalue weighted by atomic mass is 9.96. The second-order valence-corrected chi connectivity index (χ2v) is 7.59. The molecule has 0 spiro atoms. The number of nitrogens with one attached hydrogen (secondary N) is 1. The molecule has 2 aromatic carbocycles. The van der Waals surface area contributed by atoms with Crippen LogP contribution >= 0.6 is 11.6 Å². The van der Waals surface area contributed by atoms with E-state index in [0.29, 0.717) is 9.92 Å². The van der Waals surface area contributed by atoms with Crippen molar-refractivity contribution in [2.45, 2.75) is 31.2 Å². The molecular formula is C16H18ClNO2S. The molecule has 0 amide bonds. The lowest BCUT2D eigenvalue weighted by Gasteiger charge is -2.27. The van der Waals surface area contributed by atoms with Crippen LogP contribution in [0.25, 0.3) is 0 Å². The number of rotatable bonds is 4. The van der Waals surface area contributed by atoms with Gasteiger partial charge >= 0.3 is 0 Å². The Kier molecular flexibility index (Phi) is 4.42. The SMILES string of the molecule is Cc1ccccc1S(=O)(=O)NC(C)(C)c1ccc(Cl)cc1. The Balaban J connectivity index is 2.35. The van der Waals surface area contributed by atoms with Crippen molar-refractivity contribution in [3.8, 4) is 0 Å². The molecule has 0 atom stereocenters. The van der Waals surface area contributed by atoms with Gasteiger partial charge in [0.05, 0.1) is 10.4 Å². The quantitative estimate of drug-likeness (QED) is 0.928. The molecule has 1 N–H and O–H groups in total. The minimum Gasteiger partial charge on any atom is -0.207 e. The highest BCUT2D eigenvalue weighted by molar-refractivity contribution is 7.89. The third-order valence-corrected chi connectivity index (χ3v) is 5.41. The molecule has 0 radical (unpaired) electrons. The zero-order chi connectivity index (χ0) is 15.7. The van der Waals surface area contributed by atoms with Crippen LogP contribution < -0.4 is 4.72 Å². The lowest BCUT2D eigenvalue weighted by molar-refractivity contribution is 0.472. The van der Waals surface area contributed by atoms with Crippen LogP contribution in [0.15, 0.2) is 53.4 Å². The third-order valence-electron chi connectivity index (χ3n) is 3.34. The van der Waals surface area contributed by atoms with Gasteiger partial charge in [-0.05, 0) is 50.1 Å². The Morgan fingerprint density at radius 1 is 1.00 bits per heavy atom. The van der Waals surface area contributed by atoms with Crippen LogP contribution in [-0.2, 0) is 15.6 Å². The standard InChI is InChI=1S/C16H18ClNO2S/c1-12-6-4-5-7-15(12)21(19,20)18-16(2,3)13-8-10-14(17)11-9-13/h4-11,18H,1-3H3. The normalized spacial score (nSPS) is 12.4. The number of hydrogen-bond donors (Lipinski definition) is 1. The predicted molar refractivity (Wildman–Crippen MR) is 86.0 cm³/mol. The highest BCUT2D eigenvalue weighted by Crippen LogP contribution is 2.25. The Morgan fingerprint density at radius 3 is 2.14 bits per heavy atom. The van der Waals surface area contributed by atoms with E-state index < -0.39 is 15.6 Å². The van der Waals surface area contributed by atoms with Crippen molar-refractivity contribution >= 4 is 21.6 Å². The molecule has 112 valence electrons. The molecule has 0 heterocycles. The van der Waals surface area contributed by atoms with Gasteiger partial charge in [-0.3, -0.25) is 0 Å². The van der Waals surface area contributed by atoms with Gasteiger partial charge in [0.25, 0.3) is 0 Å². The van der Waals surface area contributed by atoms with Gasteiger partial charge in [-0.2, -0.15) is 0 Å². The first-order valence-electron chi connectivity index (χ1n) is 6.58. The Labute approximate surface area is 131 Å². The van der Waals surface area contributed by atoms with Gasteiger partial charge in [-0.25, -0.2) is 13.1 Å². The number of aryl methyl sites for hydroxylation is 1. The van der Waals surface area contributed by atoms with E-state index >= 15 is 0 Å². The molecule has 0 saturated carbocycles. The summed E-state index contributed by atoms with van der Waals surface area (Å²) >= 11 is 5.87. The maximum absolute atomic E-state index is 12.6. The van der Waals surface area contributed by atoms with Gasteiger partial charge in [-0.1, -0.05) is 41.9 Å². The van der Waals surface area contributed by atoms with Gasteiger partial charge < -0.3 is 0 Å². The van der Waals surface area contributed by atoms with Crippen LogP contribution in [0.1, 0.15) is 25.0 Å². The summed E-state index contributed by atoms with van der Waals surface area (Å²) in [7, 11) is -3.59. The van der Waals surface area contributed by atoms with Crippen molar-refractivity contribution in [3.05, 3.63) is 64.7 Å². The van der Waals surface area contributed by atoms with Crippen LogP contribution in [-0.4, -0.2) is 8.42 Å². The molecule has 0 aliphatic rings. The molecule has 5 heteroatoms. The van der Waals surface area contributed by atoms with Crippen LogP contribution in [0, 0.1) is 6.92 Å². The van der Waals surface area contributed by atoms with E-state index in [4.69, 9.17) is 11.6 Å². The Morgan fingerprint density at radius 2 is 1.57 bits per heavy atom. The number of benzene rings is 2. The van der Waals surface area contributed by atoms with Crippen LogP contribution in [0.2, 0.25) is 5.02 Å². The minimum absolute atomic E-state index is 0.298. The molecule has 3 nitrogen and oxygen atoms in total. The fraction of sp³-hybridized carbons (Fsp3) is 0.250. The lowest BCUT2D eigenvalue weighted by Crippen LogP contribution is -2.41. The molecule has 0 unspecified atom stereocenters. The molecule has 21 heavy (non-hydrogen) atoms. The maximum atomic E-state index is 12.6. The second-order valence-electron chi connectivity index (χ2n) is 5.50. The fourth-order valence-electron chi connectivity index (χ4n) is 2.17. The Hall–Kier alpha value is -1.36. The predicted octanol–water partition coefficient (Wildman–Crippen LogP) is 3.86. The van der Waals surface area contributed by atoms with E-state index in [-0.39, 0.29) is 0 Å². The van der Waals surface area contributed by atoms with Crippen molar-refractivity contribution in [2.75, 3.05) is 0 Å². The van der Waals surface area contributed by atoms with E-state index in [9.17, 15) is 8.42 Å². The monoisotopic (exact) mass is 323 g/mol. The van der Waals surface area contributed by atoms with Crippen LogP contribution in [0.3, 0.4) is 0 Å². The summed E-state index contributed by atoms with van der Waals surface area (Å²) in [6.07, 6.45) is 0. The second kappa shape index (κ2) is 5.79. The summed E-state index contributed by atoms with van der Waals surface area (Å²) < 4.78 is 27.9. The molecule has 0 aromatic heterocycles. The first-order valence-corrected chi connectivity index (χ1v) is 8.44. The van der Waals surface area contributed by atoms with E-state index in [1.54, 1.807) is 37.3 Å². The van der Waals surface area contributed by atoms with Crippen molar-refractivity contribution in [1.82, 2.24) is 4.72 Å². The largest absolute Gasteiger partial charge is 0.241 e. The maximum Gasteiger partial charge on any atom is 0.241 e. The van der Waals surface area contributed by atoms with Gasteiger partial charge in [0.15, 0.2) is 0 Å². The van der Waals surface area contributed by atoms with Crippen molar-refractivity contribution in [1.29, 1.82) is 0 Å². The van der Waals surface area contributed by atoms with Gasteiger partial charge in [0, 0.05) is 5.02 Å². The number of halogens is 1. The summed E-state index contributed by atoms with van der Waals surface area (Å²) in [6.45, 7) is 5.43. The fourth-order valence-corrected chi connectivity index (χ4v) is 3.95. The first kappa shape index (κ1) is 16.0. The van der Waals surface area contributed by atoms with Crippen molar-refractivity contribution in [3.63, 3.8) is 0 Å². The summed E-state index contributed by atoms with van der Waals surface area (Å²) in [5.74, 6) is 0. The van der Waals surface area contributed by atoms with Crippen LogP contribution in [0.4, 0.5) is 0 Å². The summed E-state index contributed by atoms with van der Waals surface area (Å²) in [6, 6.07) is 14.1.